The van der Waals surface area contributed by atoms with Crippen LogP contribution in [0.15, 0.2) is 0 Å². The first-order valence-electron chi connectivity index (χ1n) is 2.34. The minimum absolute atomic E-state index is 0. The molecule has 1 fully saturated rings. The Morgan fingerprint density at radius 2 is 2.29 bits per heavy atom. The van der Waals surface area contributed by atoms with Gasteiger partial charge in [0.05, 0.1) is 6.10 Å². The molecule has 0 N–H and O–H groups in total. The standard InChI is InChI=1S/C5H9O.Li.H/c1-5-3-2-4-6-5;;/h5H,1-4H2;;. The normalized spacial score (nSPS) is 29.6. The van der Waals surface area contributed by atoms with Gasteiger partial charge < -0.3 is 4.74 Å². The molecule has 0 aromatic rings. The zero-order valence-electron chi connectivity index (χ0n) is 3.81. The minimum atomic E-state index is 0. The molecule has 1 rings (SSSR count). The van der Waals surface area contributed by atoms with Crippen molar-refractivity contribution >= 4 is 18.9 Å². The van der Waals surface area contributed by atoms with Crippen molar-refractivity contribution in [1.82, 2.24) is 0 Å². The van der Waals surface area contributed by atoms with E-state index < -0.39 is 0 Å². The molecule has 1 aliphatic heterocycles. The molecule has 0 spiro atoms. The summed E-state index contributed by atoms with van der Waals surface area (Å²) in [5.74, 6) is 0. The third kappa shape index (κ3) is 2.38. The predicted molar refractivity (Wildman–Crippen MR) is 31.5 cm³/mol. The first-order chi connectivity index (χ1) is 2.89. The van der Waals surface area contributed by atoms with E-state index in [0.717, 1.165) is 13.0 Å². The third-order valence-electron chi connectivity index (χ3n) is 1.02. The van der Waals surface area contributed by atoms with E-state index in [0.29, 0.717) is 6.10 Å². The van der Waals surface area contributed by atoms with Gasteiger partial charge in [-0.1, -0.05) is 0 Å². The van der Waals surface area contributed by atoms with Gasteiger partial charge in [0, 0.05) is 6.61 Å². The molecule has 0 amide bonds. The zero-order valence-corrected chi connectivity index (χ0v) is 3.81. The second-order valence-electron chi connectivity index (χ2n) is 1.64. The van der Waals surface area contributed by atoms with Gasteiger partial charge in [-0.3, -0.25) is 0 Å². The molecule has 1 saturated heterocycles. The maximum atomic E-state index is 5.04. The maximum absolute atomic E-state index is 5.04. The molecule has 1 atom stereocenters. The molecule has 2 heteroatoms. The second-order valence-corrected chi connectivity index (χ2v) is 1.64. The van der Waals surface area contributed by atoms with Crippen molar-refractivity contribution in [3.63, 3.8) is 0 Å². The summed E-state index contributed by atoms with van der Waals surface area (Å²) in [5, 5.41) is 0. The molecule has 0 saturated carbocycles. The van der Waals surface area contributed by atoms with Crippen LogP contribution in [0.2, 0.25) is 0 Å². The Morgan fingerprint density at radius 3 is 2.43 bits per heavy atom. The van der Waals surface area contributed by atoms with Crippen LogP contribution in [-0.2, 0) is 4.74 Å². The molecule has 0 bridgehead atoms. The molecular weight excluding hydrogens is 83.0 g/mol. The Labute approximate surface area is 56.6 Å². The van der Waals surface area contributed by atoms with Crippen LogP contribution in [0.1, 0.15) is 12.8 Å². The quantitative estimate of drug-likeness (QED) is 0.393. The Bertz CT molecular complexity index is 41.3. The molecule has 1 nitrogen and oxygen atoms in total. The van der Waals surface area contributed by atoms with Crippen molar-refractivity contribution in [2.24, 2.45) is 0 Å². The molecule has 1 unspecified atom stereocenters. The Morgan fingerprint density at radius 1 is 1.57 bits per heavy atom. The van der Waals surface area contributed by atoms with E-state index in [1.54, 1.807) is 0 Å². The van der Waals surface area contributed by atoms with Crippen molar-refractivity contribution in [2.45, 2.75) is 18.9 Å². The monoisotopic (exact) mass is 93.1 g/mol. The fourth-order valence-electron chi connectivity index (χ4n) is 0.644. The van der Waals surface area contributed by atoms with E-state index in [9.17, 15) is 0 Å². The van der Waals surface area contributed by atoms with Crippen LogP contribution >= 0.6 is 0 Å². The number of ether oxygens (including phenoxy) is 1. The number of hydrogen-bond acceptors (Lipinski definition) is 1. The van der Waals surface area contributed by atoms with Gasteiger partial charge in [0.1, 0.15) is 0 Å². The van der Waals surface area contributed by atoms with Gasteiger partial charge in [-0.05, 0) is 19.8 Å². The Kier molecular flexibility index (Phi) is 3.83. The Hall–Kier alpha value is 0.557. The van der Waals surface area contributed by atoms with Crippen LogP contribution in [0.5, 0.6) is 0 Å². The van der Waals surface area contributed by atoms with Crippen LogP contribution in [0, 0.1) is 6.92 Å². The van der Waals surface area contributed by atoms with Crippen molar-refractivity contribution in [2.75, 3.05) is 6.61 Å². The fourth-order valence-corrected chi connectivity index (χ4v) is 0.644. The van der Waals surface area contributed by atoms with E-state index in [2.05, 4.69) is 6.92 Å². The van der Waals surface area contributed by atoms with Crippen molar-refractivity contribution in [3.8, 4) is 0 Å². The molecule has 1 aliphatic rings. The first-order valence-corrected chi connectivity index (χ1v) is 2.34. The number of hydrogen-bond donors (Lipinski definition) is 0. The van der Waals surface area contributed by atoms with Gasteiger partial charge in [0.25, 0.3) is 0 Å². The Balaban J connectivity index is 0.000000360. The molecule has 1 radical (unpaired) electrons. The average Bonchev–Trinajstić information content (AvgIpc) is 1.86. The SMILES string of the molecule is [CH2]C1CCCO1.[LiH]. The molecule has 1 heterocycles. The summed E-state index contributed by atoms with van der Waals surface area (Å²) >= 11 is 0. The van der Waals surface area contributed by atoms with Gasteiger partial charge in [-0.25, -0.2) is 0 Å². The third-order valence-corrected chi connectivity index (χ3v) is 1.02. The summed E-state index contributed by atoms with van der Waals surface area (Å²) in [6.45, 7) is 4.64. The van der Waals surface area contributed by atoms with Gasteiger partial charge in [0.2, 0.25) is 0 Å². The van der Waals surface area contributed by atoms with Gasteiger partial charge in [0.15, 0.2) is 0 Å². The molecule has 7 heavy (non-hydrogen) atoms. The molecule has 0 aromatic carbocycles. The molecule has 0 aliphatic carbocycles. The van der Waals surface area contributed by atoms with Crippen LogP contribution in [0.3, 0.4) is 0 Å². The zero-order chi connectivity index (χ0) is 4.41. The van der Waals surface area contributed by atoms with E-state index in [-0.39, 0.29) is 18.9 Å². The topological polar surface area (TPSA) is 9.23 Å². The van der Waals surface area contributed by atoms with Gasteiger partial charge >= 0.3 is 18.9 Å². The van der Waals surface area contributed by atoms with Gasteiger partial charge in [-0.2, -0.15) is 0 Å². The summed E-state index contributed by atoms with van der Waals surface area (Å²) in [6, 6.07) is 0. The molecule has 37 valence electrons. The van der Waals surface area contributed by atoms with E-state index in [1.807, 2.05) is 0 Å². The first kappa shape index (κ1) is 7.56. The fraction of sp³-hybridized carbons (Fsp3) is 0.800. The van der Waals surface area contributed by atoms with E-state index >= 15 is 0 Å². The van der Waals surface area contributed by atoms with Crippen LogP contribution in [0.25, 0.3) is 0 Å². The van der Waals surface area contributed by atoms with Crippen LogP contribution in [0.4, 0.5) is 0 Å². The summed E-state index contributed by atoms with van der Waals surface area (Å²) in [5.41, 5.74) is 0. The van der Waals surface area contributed by atoms with Crippen molar-refractivity contribution in [3.05, 3.63) is 6.92 Å². The average molecular weight is 93.1 g/mol. The predicted octanol–water partition coefficient (Wildman–Crippen LogP) is 0.351. The summed E-state index contributed by atoms with van der Waals surface area (Å²) < 4.78 is 5.04. The van der Waals surface area contributed by atoms with Gasteiger partial charge in [-0.15, -0.1) is 0 Å². The van der Waals surface area contributed by atoms with E-state index in [4.69, 9.17) is 4.74 Å². The molecular formula is C5H10LiO. The second kappa shape index (κ2) is 3.55. The van der Waals surface area contributed by atoms with E-state index in [1.165, 1.54) is 6.42 Å². The summed E-state index contributed by atoms with van der Waals surface area (Å²) in [6.07, 6.45) is 2.65. The van der Waals surface area contributed by atoms with Crippen LogP contribution < -0.4 is 0 Å². The van der Waals surface area contributed by atoms with Crippen molar-refractivity contribution in [1.29, 1.82) is 0 Å². The number of rotatable bonds is 0. The summed E-state index contributed by atoms with van der Waals surface area (Å²) in [4.78, 5) is 0. The molecule has 0 aromatic heterocycles. The summed E-state index contributed by atoms with van der Waals surface area (Å²) in [7, 11) is 0. The van der Waals surface area contributed by atoms with Crippen LogP contribution in [-0.4, -0.2) is 31.6 Å². The van der Waals surface area contributed by atoms with Crippen molar-refractivity contribution < 1.29 is 4.74 Å².